The van der Waals surface area contributed by atoms with Gasteiger partial charge in [-0.15, -0.1) is 11.3 Å². The van der Waals surface area contributed by atoms with Gasteiger partial charge in [0.2, 0.25) is 10.0 Å². The molecular formula is C24H29FN4O3S2. The molecule has 0 spiro atoms. The van der Waals surface area contributed by atoms with Crippen LogP contribution < -0.4 is 10.0 Å². The van der Waals surface area contributed by atoms with Crippen LogP contribution in [0.4, 0.5) is 9.52 Å². The summed E-state index contributed by atoms with van der Waals surface area (Å²) < 4.78 is 47.0. The molecule has 3 aromatic rings. The van der Waals surface area contributed by atoms with Gasteiger partial charge in [-0.25, -0.2) is 22.5 Å². The van der Waals surface area contributed by atoms with E-state index in [9.17, 15) is 12.8 Å². The van der Waals surface area contributed by atoms with Gasteiger partial charge in [0.15, 0.2) is 10.9 Å². The summed E-state index contributed by atoms with van der Waals surface area (Å²) in [7, 11) is -3.63. The number of halogens is 1. The minimum absolute atomic E-state index is 0.146. The van der Waals surface area contributed by atoms with Gasteiger partial charge >= 0.3 is 0 Å². The molecule has 2 N–H and O–H groups in total. The summed E-state index contributed by atoms with van der Waals surface area (Å²) >= 11 is 1.68. The molecule has 2 aromatic heterocycles. The number of thiazole rings is 1. The third kappa shape index (κ3) is 4.76. The van der Waals surface area contributed by atoms with E-state index in [0.717, 1.165) is 66.9 Å². The molecule has 5 rings (SSSR count). The largest absolute Gasteiger partial charge is 0.360 e. The highest BCUT2D eigenvalue weighted by Gasteiger charge is 2.28. The van der Waals surface area contributed by atoms with Gasteiger partial charge in [0, 0.05) is 23.0 Å². The average Bonchev–Trinajstić information content (AvgIpc) is 3.32. The van der Waals surface area contributed by atoms with Crippen LogP contribution in [-0.2, 0) is 22.9 Å². The lowest BCUT2D eigenvalue weighted by Crippen LogP contribution is -2.34. The van der Waals surface area contributed by atoms with E-state index in [1.807, 2.05) is 6.07 Å². The molecule has 2 aliphatic carbocycles. The Morgan fingerprint density at radius 3 is 2.71 bits per heavy atom. The van der Waals surface area contributed by atoms with E-state index in [-0.39, 0.29) is 16.6 Å². The number of aryl methyl sites for hydroxylation is 4. The number of nitrogens with one attached hydrogen (secondary N) is 2. The molecule has 10 heteroatoms. The fourth-order valence-corrected chi connectivity index (χ4v) is 7.60. The second-order valence-corrected chi connectivity index (χ2v) is 12.1. The topological polar surface area (TPSA) is 97.1 Å². The minimum Gasteiger partial charge on any atom is -0.360 e. The molecule has 1 fully saturated rings. The predicted octanol–water partition coefficient (Wildman–Crippen LogP) is 4.99. The number of sulfonamides is 1. The Labute approximate surface area is 203 Å². The Morgan fingerprint density at radius 1 is 1.18 bits per heavy atom. The molecule has 0 bridgehead atoms. The van der Waals surface area contributed by atoms with Crippen molar-refractivity contribution < 1.29 is 17.3 Å². The molecule has 34 heavy (non-hydrogen) atoms. The first kappa shape index (κ1) is 23.4. The van der Waals surface area contributed by atoms with Crippen molar-refractivity contribution in [2.75, 3.05) is 11.9 Å². The summed E-state index contributed by atoms with van der Waals surface area (Å²) in [5.41, 5.74) is 3.38. The maximum Gasteiger partial charge on any atom is 0.245 e. The zero-order valence-corrected chi connectivity index (χ0v) is 21.0. The van der Waals surface area contributed by atoms with E-state index >= 15 is 0 Å². The lowest BCUT2D eigenvalue weighted by atomic mass is 9.86. The number of hydrogen-bond acceptors (Lipinski definition) is 7. The maximum atomic E-state index is 13.9. The van der Waals surface area contributed by atoms with Crippen LogP contribution in [0.1, 0.15) is 54.0 Å². The van der Waals surface area contributed by atoms with Crippen LogP contribution in [0, 0.1) is 25.6 Å². The summed E-state index contributed by atoms with van der Waals surface area (Å²) in [4.78, 5) is 6.22. The molecule has 182 valence electrons. The number of benzene rings is 1. The van der Waals surface area contributed by atoms with Crippen LogP contribution in [0.5, 0.6) is 0 Å². The summed E-state index contributed by atoms with van der Waals surface area (Å²) in [6.45, 7) is 3.65. The number of hydrogen-bond donors (Lipinski definition) is 2. The summed E-state index contributed by atoms with van der Waals surface area (Å²) in [6, 6.07) is 5.32. The number of nitrogens with zero attached hydrogens (tertiary/aromatic N) is 2. The fraction of sp³-hybridized carbons (Fsp3) is 0.500. The number of aromatic nitrogens is 2. The van der Waals surface area contributed by atoms with Gasteiger partial charge in [-0.1, -0.05) is 11.2 Å². The summed E-state index contributed by atoms with van der Waals surface area (Å²) in [5, 5.41) is 8.23. The van der Waals surface area contributed by atoms with Crippen molar-refractivity contribution >= 4 is 26.5 Å². The first-order valence-electron chi connectivity index (χ1n) is 11.8. The lowest BCUT2D eigenvalue weighted by Gasteiger charge is -2.29. The molecule has 2 aliphatic rings. The van der Waals surface area contributed by atoms with Gasteiger partial charge in [-0.05, 0) is 82.4 Å². The smallest absolute Gasteiger partial charge is 0.245 e. The van der Waals surface area contributed by atoms with Crippen molar-refractivity contribution in [3.63, 3.8) is 0 Å². The van der Waals surface area contributed by atoms with E-state index in [4.69, 9.17) is 9.51 Å². The molecule has 0 radical (unpaired) electrons. The first-order valence-corrected chi connectivity index (χ1v) is 14.1. The Bertz CT molecular complexity index is 1270. The van der Waals surface area contributed by atoms with Crippen molar-refractivity contribution in [3.05, 3.63) is 45.9 Å². The van der Waals surface area contributed by atoms with Crippen molar-refractivity contribution in [2.24, 2.45) is 5.92 Å². The quantitative estimate of drug-likeness (QED) is 0.491. The molecule has 0 unspecified atom stereocenters. The van der Waals surface area contributed by atoms with E-state index in [1.54, 1.807) is 31.3 Å². The highest BCUT2D eigenvalue weighted by molar-refractivity contribution is 7.89. The number of fused-ring (bicyclic) bond motifs is 3. The molecule has 0 saturated heterocycles. The van der Waals surface area contributed by atoms with Crippen molar-refractivity contribution in [1.29, 1.82) is 0 Å². The average molecular weight is 505 g/mol. The van der Waals surface area contributed by atoms with Crippen LogP contribution in [0.3, 0.4) is 0 Å². The van der Waals surface area contributed by atoms with Crippen LogP contribution in [-0.4, -0.2) is 31.1 Å². The summed E-state index contributed by atoms with van der Waals surface area (Å²) in [6.07, 6.45) is 6.72. The Hall–Kier alpha value is -2.30. The van der Waals surface area contributed by atoms with Crippen LogP contribution in [0.2, 0.25) is 0 Å². The van der Waals surface area contributed by atoms with E-state index in [1.165, 1.54) is 10.9 Å². The molecule has 7 nitrogen and oxygen atoms in total. The van der Waals surface area contributed by atoms with Gasteiger partial charge in [0.25, 0.3) is 0 Å². The SMILES string of the molecule is Cc1noc(C)c1S(=O)(=O)NCC1CCC(Nc2nc3c(s2)CCCc2ccc(F)cc2-3)CC1. The second-order valence-electron chi connectivity index (χ2n) is 9.31. The zero-order chi connectivity index (χ0) is 23.9. The monoisotopic (exact) mass is 504 g/mol. The molecule has 1 aromatic carbocycles. The maximum absolute atomic E-state index is 13.9. The van der Waals surface area contributed by atoms with Crippen LogP contribution in [0.25, 0.3) is 11.3 Å². The highest BCUT2D eigenvalue weighted by atomic mass is 32.2. The second kappa shape index (κ2) is 9.39. The lowest BCUT2D eigenvalue weighted by molar-refractivity contribution is 0.337. The zero-order valence-electron chi connectivity index (χ0n) is 19.4. The standard InChI is InChI=1S/C24H29FN4O3S2/c1-14-23(15(2)32-29-14)34(30,31)26-13-16-6-10-19(11-7-16)27-24-28-22-20-12-18(25)9-8-17(20)4-3-5-21(22)33-24/h8-9,12,16,19,26H,3-7,10-11,13H2,1-2H3,(H,27,28). The van der Waals surface area contributed by atoms with Gasteiger partial charge < -0.3 is 9.84 Å². The van der Waals surface area contributed by atoms with Gasteiger partial charge in [-0.2, -0.15) is 0 Å². The molecule has 0 aliphatic heterocycles. The van der Waals surface area contributed by atoms with Crippen LogP contribution in [0.15, 0.2) is 27.6 Å². The normalized spacial score (nSPS) is 20.4. The van der Waals surface area contributed by atoms with Crippen molar-refractivity contribution in [2.45, 2.75) is 69.7 Å². The van der Waals surface area contributed by atoms with Crippen molar-refractivity contribution in [3.8, 4) is 11.3 Å². The molecule has 1 saturated carbocycles. The van der Waals surface area contributed by atoms with Gasteiger partial charge in [0.1, 0.15) is 16.4 Å². The number of anilines is 1. The van der Waals surface area contributed by atoms with Gasteiger partial charge in [0.05, 0.1) is 5.69 Å². The van der Waals surface area contributed by atoms with Crippen LogP contribution >= 0.6 is 11.3 Å². The predicted molar refractivity (Wildman–Crippen MR) is 130 cm³/mol. The third-order valence-corrected chi connectivity index (χ3v) is 9.56. The minimum atomic E-state index is -3.63. The van der Waals surface area contributed by atoms with Gasteiger partial charge in [-0.3, -0.25) is 0 Å². The molecule has 0 amide bonds. The van der Waals surface area contributed by atoms with E-state index < -0.39 is 10.0 Å². The number of rotatable bonds is 6. The third-order valence-electron chi connectivity index (χ3n) is 6.85. The molecule has 2 heterocycles. The molecule has 0 atom stereocenters. The Kier molecular flexibility index (Phi) is 6.47. The van der Waals surface area contributed by atoms with Crippen molar-refractivity contribution in [1.82, 2.24) is 14.9 Å². The van der Waals surface area contributed by atoms with E-state index in [2.05, 4.69) is 15.2 Å². The Balaban J connectivity index is 1.18. The van der Waals surface area contributed by atoms with E-state index in [0.29, 0.717) is 24.0 Å². The Morgan fingerprint density at radius 2 is 1.97 bits per heavy atom. The first-order chi connectivity index (χ1) is 16.3. The summed E-state index contributed by atoms with van der Waals surface area (Å²) in [5.74, 6) is 0.374. The highest BCUT2D eigenvalue weighted by Crippen LogP contribution is 2.38. The fourth-order valence-electron chi connectivity index (χ4n) is 5.06. The molecular weight excluding hydrogens is 475 g/mol.